The molecule has 130 valence electrons. The van der Waals surface area contributed by atoms with E-state index in [0.717, 1.165) is 23.9 Å². The predicted molar refractivity (Wildman–Crippen MR) is 90.3 cm³/mol. The number of para-hydroxylation sites is 1. The van der Waals surface area contributed by atoms with Gasteiger partial charge in [-0.05, 0) is 43.7 Å². The van der Waals surface area contributed by atoms with Crippen LogP contribution < -0.4 is 4.90 Å². The molecule has 6 heteroatoms. The molecule has 2 amide bonds. The second kappa shape index (κ2) is 7.01. The first-order valence-electron chi connectivity index (χ1n) is 8.15. The number of nitrogens with zero attached hydrogens (tertiary/aromatic N) is 2. The summed E-state index contributed by atoms with van der Waals surface area (Å²) < 4.78 is 27.3. The number of anilines is 1. The van der Waals surface area contributed by atoms with Crippen molar-refractivity contribution in [2.24, 2.45) is 0 Å². The fourth-order valence-electron chi connectivity index (χ4n) is 3.14. The molecule has 4 nitrogen and oxygen atoms in total. The maximum Gasteiger partial charge on any atom is 0.257 e. The minimum absolute atomic E-state index is 0.210. The highest BCUT2D eigenvalue weighted by Gasteiger charge is 2.38. The lowest BCUT2D eigenvalue weighted by Gasteiger charge is -2.27. The zero-order chi connectivity index (χ0) is 18.0. The first-order chi connectivity index (χ1) is 12.0. The molecule has 0 aliphatic carbocycles. The van der Waals surface area contributed by atoms with Gasteiger partial charge in [0, 0.05) is 18.8 Å². The Balaban J connectivity index is 1.85. The molecule has 2 aromatic rings. The summed E-state index contributed by atoms with van der Waals surface area (Å²) in [6.45, 7) is 2.42. The van der Waals surface area contributed by atoms with E-state index in [4.69, 9.17) is 0 Å². The van der Waals surface area contributed by atoms with E-state index in [1.54, 1.807) is 11.8 Å². The number of rotatable bonds is 4. The van der Waals surface area contributed by atoms with Crippen LogP contribution >= 0.6 is 0 Å². The van der Waals surface area contributed by atoms with E-state index < -0.39 is 23.6 Å². The summed E-state index contributed by atoms with van der Waals surface area (Å²) in [6.07, 6.45) is 0.449. The first kappa shape index (κ1) is 17.1. The number of hydrogen-bond acceptors (Lipinski definition) is 2. The van der Waals surface area contributed by atoms with Gasteiger partial charge in [-0.15, -0.1) is 0 Å². The van der Waals surface area contributed by atoms with Gasteiger partial charge in [0.1, 0.15) is 17.7 Å². The summed E-state index contributed by atoms with van der Waals surface area (Å²) in [5, 5.41) is 0. The van der Waals surface area contributed by atoms with Gasteiger partial charge in [-0.1, -0.05) is 18.2 Å². The van der Waals surface area contributed by atoms with Gasteiger partial charge < -0.3 is 9.80 Å². The van der Waals surface area contributed by atoms with Crippen LogP contribution in [-0.2, 0) is 4.79 Å². The second-order valence-corrected chi connectivity index (χ2v) is 5.85. The lowest BCUT2D eigenvalue weighted by Crippen LogP contribution is -2.45. The molecule has 1 aliphatic rings. The third kappa shape index (κ3) is 3.24. The molecule has 0 radical (unpaired) electrons. The van der Waals surface area contributed by atoms with Crippen molar-refractivity contribution in [2.45, 2.75) is 19.4 Å². The van der Waals surface area contributed by atoms with Crippen LogP contribution in [0.4, 0.5) is 14.5 Å². The summed E-state index contributed by atoms with van der Waals surface area (Å²) in [5.74, 6) is -2.37. The van der Waals surface area contributed by atoms with Crippen molar-refractivity contribution in [2.75, 3.05) is 18.0 Å². The molecule has 1 unspecified atom stereocenters. The van der Waals surface area contributed by atoms with Crippen LogP contribution in [0.25, 0.3) is 0 Å². The van der Waals surface area contributed by atoms with Gasteiger partial charge in [-0.2, -0.15) is 0 Å². The topological polar surface area (TPSA) is 40.6 Å². The summed E-state index contributed by atoms with van der Waals surface area (Å²) in [7, 11) is 0. The highest BCUT2D eigenvalue weighted by Crippen LogP contribution is 2.25. The monoisotopic (exact) mass is 344 g/mol. The Morgan fingerprint density at radius 1 is 1.20 bits per heavy atom. The standard InChI is InChI=1S/C19H18F2N2O2/c1-2-22(18(24)15-12-13(20)8-9-16(15)21)17-10-11-23(19(17)25)14-6-4-3-5-7-14/h3-9,12,17H,2,10-11H2,1H3. The Labute approximate surface area is 144 Å². The fraction of sp³-hybridized carbons (Fsp3) is 0.263. The number of halogens is 2. The highest BCUT2D eigenvalue weighted by atomic mass is 19.1. The SMILES string of the molecule is CCN(C(=O)c1cc(F)ccc1F)C1CCN(c2ccccc2)C1=O. The molecule has 0 bridgehead atoms. The minimum atomic E-state index is -0.796. The molecule has 3 rings (SSSR count). The van der Waals surface area contributed by atoms with Crippen LogP contribution in [0.2, 0.25) is 0 Å². The number of benzene rings is 2. The molecule has 1 fully saturated rings. The highest BCUT2D eigenvalue weighted by molar-refractivity contribution is 6.04. The van der Waals surface area contributed by atoms with Crippen LogP contribution in [0.5, 0.6) is 0 Å². The van der Waals surface area contributed by atoms with Crippen LogP contribution in [0, 0.1) is 11.6 Å². The van der Waals surface area contributed by atoms with Crippen LogP contribution in [0.15, 0.2) is 48.5 Å². The van der Waals surface area contributed by atoms with Gasteiger partial charge in [0.25, 0.3) is 5.91 Å². The Bertz CT molecular complexity index is 795. The van der Waals surface area contributed by atoms with E-state index >= 15 is 0 Å². The summed E-state index contributed by atoms with van der Waals surface area (Å²) in [6, 6.07) is 11.2. The molecule has 0 spiro atoms. The Morgan fingerprint density at radius 2 is 1.92 bits per heavy atom. The van der Waals surface area contributed by atoms with Crippen molar-refractivity contribution in [3.05, 3.63) is 65.7 Å². The average molecular weight is 344 g/mol. The van der Waals surface area contributed by atoms with Crippen molar-refractivity contribution < 1.29 is 18.4 Å². The van der Waals surface area contributed by atoms with Crippen molar-refractivity contribution in [3.8, 4) is 0 Å². The van der Waals surface area contributed by atoms with Crippen LogP contribution in [-0.4, -0.2) is 35.8 Å². The van der Waals surface area contributed by atoms with Crippen LogP contribution in [0.1, 0.15) is 23.7 Å². The summed E-state index contributed by atoms with van der Waals surface area (Å²) >= 11 is 0. The lowest BCUT2D eigenvalue weighted by molar-refractivity contribution is -0.120. The van der Waals surface area contributed by atoms with E-state index in [1.807, 2.05) is 30.3 Å². The fourth-order valence-corrected chi connectivity index (χ4v) is 3.14. The maximum atomic E-state index is 13.9. The Kier molecular flexibility index (Phi) is 4.79. The van der Waals surface area contributed by atoms with Crippen molar-refractivity contribution >= 4 is 17.5 Å². The largest absolute Gasteiger partial charge is 0.327 e. The van der Waals surface area contributed by atoms with E-state index in [9.17, 15) is 18.4 Å². The molecule has 1 saturated heterocycles. The normalized spacial score (nSPS) is 17.0. The minimum Gasteiger partial charge on any atom is -0.327 e. The molecule has 1 heterocycles. The quantitative estimate of drug-likeness (QED) is 0.854. The number of likely N-dealkylation sites (N-methyl/N-ethyl adjacent to an activating group) is 1. The average Bonchev–Trinajstić information content (AvgIpc) is 3.00. The van der Waals surface area contributed by atoms with Crippen molar-refractivity contribution in [3.63, 3.8) is 0 Å². The number of carbonyl (C=O) groups excluding carboxylic acids is 2. The first-order valence-corrected chi connectivity index (χ1v) is 8.15. The summed E-state index contributed by atoms with van der Waals surface area (Å²) in [4.78, 5) is 28.4. The van der Waals surface area contributed by atoms with Gasteiger partial charge in [0.2, 0.25) is 5.91 Å². The predicted octanol–water partition coefficient (Wildman–Crippen LogP) is 3.23. The third-order valence-corrected chi connectivity index (χ3v) is 4.38. The lowest BCUT2D eigenvalue weighted by atomic mass is 10.1. The Hall–Kier alpha value is -2.76. The van der Waals surface area contributed by atoms with Gasteiger partial charge in [-0.3, -0.25) is 9.59 Å². The van der Waals surface area contributed by atoms with E-state index in [1.165, 1.54) is 4.90 Å². The molecule has 1 aliphatic heterocycles. The van der Waals surface area contributed by atoms with E-state index in [-0.39, 0.29) is 18.0 Å². The van der Waals surface area contributed by atoms with Crippen molar-refractivity contribution in [1.82, 2.24) is 4.90 Å². The molecular weight excluding hydrogens is 326 g/mol. The molecule has 2 aromatic carbocycles. The molecule has 0 saturated carbocycles. The smallest absolute Gasteiger partial charge is 0.257 e. The third-order valence-electron chi connectivity index (χ3n) is 4.38. The second-order valence-electron chi connectivity index (χ2n) is 5.85. The number of carbonyl (C=O) groups is 2. The van der Waals surface area contributed by atoms with Gasteiger partial charge >= 0.3 is 0 Å². The molecule has 0 N–H and O–H groups in total. The maximum absolute atomic E-state index is 13.9. The zero-order valence-corrected chi connectivity index (χ0v) is 13.8. The number of hydrogen-bond donors (Lipinski definition) is 0. The van der Waals surface area contributed by atoms with Gasteiger partial charge in [-0.25, -0.2) is 8.78 Å². The van der Waals surface area contributed by atoms with Crippen molar-refractivity contribution in [1.29, 1.82) is 0 Å². The molecular formula is C19H18F2N2O2. The van der Waals surface area contributed by atoms with E-state index in [0.29, 0.717) is 13.0 Å². The van der Waals surface area contributed by atoms with Gasteiger partial charge in [0.15, 0.2) is 0 Å². The molecule has 1 atom stereocenters. The van der Waals surface area contributed by atoms with Crippen LogP contribution in [0.3, 0.4) is 0 Å². The zero-order valence-electron chi connectivity index (χ0n) is 13.8. The summed E-state index contributed by atoms with van der Waals surface area (Å²) in [5.41, 5.74) is 0.406. The van der Waals surface area contributed by atoms with E-state index in [2.05, 4.69) is 0 Å². The molecule has 0 aromatic heterocycles. The number of amides is 2. The Morgan fingerprint density at radius 3 is 2.60 bits per heavy atom. The molecule has 25 heavy (non-hydrogen) atoms. The van der Waals surface area contributed by atoms with Gasteiger partial charge in [0.05, 0.1) is 5.56 Å².